The summed E-state index contributed by atoms with van der Waals surface area (Å²) in [7, 11) is 0. The number of benzene rings is 1. The van der Waals surface area contributed by atoms with E-state index in [0.29, 0.717) is 0 Å². The molecule has 2 N–H and O–H groups in total. The van der Waals surface area contributed by atoms with Gasteiger partial charge in [-0.2, -0.15) is 0 Å². The Bertz CT molecular complexity index is 395. The number of halogens is 1. The lowest BCUT2D eigenvalue weighted by atomic mass is 10.1. The highest BCUT2D eigenvalue weighted by atomic mass is 127. The maximum absolute atomic E-state index is 4.39. The highest BCUT2D eigenvalue weighted by Gasteiger charge is 2.02. The molecule has 0 saturated heterocycles. The molecule has 4 heteroatoms. The van der Waals surface area contributed by atoms with Crippen LogP contribution in [0.15, 0.2) is 23.2 Å². The summed E-state index contributed by atoms with van der Waals surface area (Å²) in [5.41, 5.74) is 4.08. The van der Waals surface area contributed by atoms with E-state index in [1.165, 1.54) is 16.7 Å². The Kier molecular flexibility index (Phi) is 6.46. The first-order valence-corrected chi connectivity index (χ1v) is 6.33. The molecular formula is C14H22IN3. The van der Waals surface area contributed by atoms with Crippen molar-refractivity contribution < 1.29 is 0 Å². The largest absolute Gasteiger partial charge is 0.356 e. The molecule has 18 heavy (non-hydrogen) atoms. The molecular weight excluding hydrogens is 337 g/mol. The lowest BCUT2D eigenvalue weighted by molar-refractivity contribution is 0.700. The summed E-state index contributed by atoms with van der Waals surface area (Å²) in [4.78, 5) is 4.39. The van der Waals surface area contributed by atoms with Crippen molar-refractivity contribution in [1.82, 2.24) is 10.6 Å². The van der Waals surface area contributed by atoms with E-state index in [1.54, 1.807) is 0 Å². The first-order chi connectivity index (χ1) is 8.24. The molecule has 1 heterocycles. The van der Waals surface area contributed by atoms with Crippen LogP contribution < -0.4 is 10.6 Å². The summed E-state index contributed by atoms with van der Waals surface area (Å²) in [5, 5.41) is 6.61. The molecule has 1 aromatic rings. The summed E-state index contributed by atoms with van der Waals surface area (Å²) in [6.45, 7) is 7.22. The fraction of sp³-hybridized carbons (Fsp3) is 0.500. The zero-order valence-electron chi connectivity index (χ0n) is 11.1. The number of guanidine groups is 1. The van der Waals surface area contributed by atoms with Gasteiger partial charge >= 0.3 is 0 Å². The molecule has 0 fully saturated rings. The summed E-state index contributed by atoms with van der Waals surface area (Å²) < 4.78 is 0. The number of nitrogens with one attached hydrogen (secondary N) is 2. The van der Waals surface area contributed by atoms with Gasteiger partial charge in [-0.15, -0.1) is 24.0 Å². The van der Waals surface area contributed by atoms with E-state index < -0.39 is 0 Å². The third kappa shape index (κ3) is 4.84. The molecule has 100 valence electrons. The first-order valence-electron chi connectivity index (χ1n) is 6.33. The quantitative estimate of drug-likeness (QED) is 0.814. The smallest absolute Gasteiger partial charge is 0.191 e. The van der Waals surface area contributed by atoms with Crippen molar-refractivity contribution in [3.05, 3.63) is 34.9 Å². The fourth-order valence-corrected chi connectivity index (χ4v) is 2.19. The summed E-state index contributed by atoms with van der Waals surface area (Å²) in [6.07, 6.45) is 2.19. The molecule has 1 aromatic carbocycles. The number of aliphatic imine (C=N–C) groups is 1. The van der Waals surface area contributed by atoms with E-state index >= 15 is 0 Å². The lowest BCUT2D eigenvalue weighted by Crippen LogP contribution is -2.41. The highest BCUT2D eigenvalue weighted by Crippen LogP contribution is 2.08. The van der Waals surface area contributed by atoms with Crippen molar-refractivity contribution >= 4 is 29.9 Å². The second-order valence-corrected chi connectivity index (χ2v) is 4.68. The van der Waals surface area contributed by atoms with Crippen molar-refractivity contribution in [1.29, 1.82) is 0 Å². The molecule has 0 aromatic heterocycles. The van der Waals surface area contributed by atoms with E-state index in [1.807, 2.05) is 0 Å². The van der Waals surface area contributed by atoms with E-state index in [0.717, 1.165) is 38.4 Å². The van der Waals surface area contributed by atoms with Crippen LogP contribution in [0.5, 0.6) is 0 Å². The van der Waals surface area contributed by atoms with Crippen LogP contribution in [0.4, 0.5) is 0 Å². The zero-order valence-corrected chi connectivity index (χ0v) is 13.5. The number of aryl methyl sites for hydroxylation is 2. The van der Waals surface area contributed by atoms with Gasteiger partial charge in [0.05, 0.1) is 0 Å². The molecule has 1 aliphatic rings. The Hall–Kier alpha value is -0.780. The van der Waals surface area contributed by atoms with Gasteiger partial charge in [0, 0.05) is 19.6 Å². The van der Waals surface area contributed by atoms with Gasteiger partial charge < -0.3 is 10.6 Å². The topological polar surface area (TPSA) is 36.4 Å². The second-order valence-electron chi connectivity index (χ2n) is 4.68. The average molecular weight is 359 g/mol. The molecule has 2 rings (SSSR count). The molecule has 0 spiro atoms. The molecule has 0 bridgehead atoms. The summed E-state index contributed by atoms with van der Waals surface area (Å²) >= 11 is 0. The number of hydrogen-bond donors (Lipinski definition) is 2. The Morgan fingerprint density at radius 1 is 1.22 bits per heavy atom. The minimum absolute atomic E-state index is 0. The monoisotopic (exact) mass is 359 g/mol. The van der Waals surface area contributed by atoms with Crippen LogP contribution >= 0.6 is 24.0 Å². The molecule has 0 radical (unpaired) electrons. The molecule has 3 nitrogen and oxygen atoms in total. The zero-order chi connectivity index (χ0) is 12.1. The molecule has 1 aliphatic heterocycles. The lowest BCUT2D eigenvalue weighted by Gasteiger charge is -2.16. The predicted molar refractivity (Wildman–Crippen MR) is 88.0 cm³/mol. The van der Waals surface area contributed by atoms with Gasteiger partial charge in [-0.25, -0.2) is 0 Å². The Labute approximate surface area is 126 Å². The van der Waals surface area contributed by atoms with Gasteiger partial charge in [-0.1, -0.05) is 29.3 Å². The molecule has 0 saturated carbocycles. The average Bonchev–Trinajstić information content (AvgIpc) is 2.29. The predicted octanol–water partition coefficient (Wildman–Crippen LogP) is 2.40. The maximum atomic E-state index is 4.39. The van der Waals surface area contributed by atoms with E-state index in [9.17, 15) is 0 Å². The first kappa shape index (κ1) is 15.3. The Morgan fingerprint density at radius 2 is 1.94 bits per heavy atom. The Balaban J connectivity index is 0.00000162. The van der Waals surface area contributed by atoms with Crippen LogP contribution in [0.25, 0.3) is 0 Å². The van der Waals surface area contributed by atoms with Crippen LogP contribution in [0.2, 0.25) is 0 Å². The van der Waals surface area contributed by atoms with Gasteiger partial charge in [0.25, 0.3) is 0 Å². The van der Waals surface area contributed by atoms with E-state index in [4.69, 9.17) is 0 Å². The molecule has 0 atom stereocenters. The van der Waals surface area contributed by atoms with Crippen molar-refractivity contribution in [2.24, 2.45) is 4.99 Å². The van der Waals surface area contributed by atoms with Gasteiger partial charge in [-0.05, 0) is 32.3 Å². The molecule has 0 amide bonds. The van der Waals surface area contributed by atoms with E-state index in [2.05, 4.69) is 47.7 Å². The van der Waals surface area contributed by atoms with Crippen molar-refractivity contribution in [3.8, 4) is 0 Å². The van der Waals surface area contributed by atoms with Crippen LogP contribution in [-0.4, -0.2) is 25.6 Å². The van der Waals surface area contributed by atoms with Crippen molar-refractivity contribution in [2.75, 3.05) is 19.6 Å². The number of rotatable bonds is 3. The summed E-state index contributed by atoms with van der Waals surface area (Å²) in [5.74, 6) is 0.959. The SMILES string of the molecule is Cc1cc(C)cc(CCNC2=NCCCN2)c1.I. The van der Waals surface area contributed by atoms with Crippen LogP contribution in [-0.2, 0) is 6.42 Å². The fourth-order valence-electron chi connectivity index (χ4n) is 2.19. The minimum atomic E-state index is 0. The van der Waals surface area contributed by atoms with Crippen LogP contribution in [0.1, 0.15) is 23.1 Å². The number of hydrogen-bond acceptors (Lipinski definition) is 3. The second kappa shape index (κ2) is 7.61. The van der Waals surface area contributed by atoms with Gasteiger partial charge in [0.1, 0.15) is 0 Å². The van der Waals surface area contributed by atoms with Gasteiger partial charge in [0.15, 0.2) is 5.96 Å². The maximum Gasteiger partial charge on any atom is 0.191 e. The minimum Gasteiger partial charge on any atom is -0.356 e. The van der Waals surface area contributed by atoms with E-state index in [-0.39, 0.29) is 24.0 Å². The Morgan fingerprint density at radius 3 is 2.56 bits per heavy atom. The standard InChI is InChI=1S/C14H21N3.HI/c1-11-8-12(2)10-13(9-11)4-7-17-14-15-5-3-6-16-14;/h8-10H,3-7H2,1-2H3,(H2,15,16,17);1H. The van der Waals surface area contributed by atoms with Crippen LogP contribution in [0.3, 0.4) is 0 Å². The van der Waals surface area contributed by atoms with Gasteiger partial charge in [-0.3, -0.25) is 4.99 Å². The molecule has 0 unspecified atom stereocenters. The summed E-state index contributed by atoms with van der Waals surface area (Å²) in [6, 6.07) is 6.72. The third-order valence-electron chi connectivity index (χ3n) is 2.88. The number of nitrogens with zero attached hydrogens (tertiary/aromatic N) is 1. The van der Waals surface area contributed by atoms with Gasteiger partial charge in [0.2, 0.25) is 0 Å². The van der Waals surface area contributed by atoms with Crippen molar-refractivity contribution in [3.63, 3.8) is 0 Å². The van der Waals surface area contributed by atoms with Crippen molar-refractivity contribution in [2.45, 2.75) is 26.7 Å². The normalized spacial score (nSPS) is 14.2. The van der Waals surface area contributed by atoms with Crippen LogP contribution in [0, 0.1) is 13.8 Å². The third-order valence-corrected chi connectivity index (χ3v) is 2.88. The molecule has 0 aliphatic carbocycles. The highest BCUT2D eigenvalue weighted by molar-refractivity contribution is 14.0.